The van der Waals surface area contributed by atoms with Crippen molar-refractivity contribution in [1.29, 1.82) is 0 Å². The number of amides is 1. The molecule has 2 fully saturated rings. The lowest BCUT2D eigenvalue weighted by Crippen LogP contribution is -2.29. The summed E-state index contributed by atoms with van der Waals surface area (Å²) in [5.41, 5.74) is 1.06. The van der Waals surface area contributed by atoms with Crippen molar-refractivity contribution in [1.82, 2.24) is 5.32 Å². The molecule has 0 radical (unpaired) electrons. The van der Waals surface area contributed by atoms with Gasteiger partial charge < -0.3 is 14.8 Å². The van der Waals surface area contributed by atoms with Crippen molar-refractivity contribution in [3.05, 3.63) is 22.7 Å². The molecule has 2 saturated carbocycles. The quantitative estimate of drug-likeness (QED) is 0.883. The molecule has 4 rings (SSSR count). The van der Waals surface area contributed by atoms with Gasteiger partial charge in [0.1, 0.15) is 13.2 Å². The van der Waals surface area contributed by atoms with Gasteiger partial charge in [-0.1, -0.05) is 18.0 Å². The number of hydrogen-bond donors (Lipinski definition) is 1. The van der Waals surface area contributed by atoms with Gasteiger partial charge in [0.2, 0.25) is 5.91 Å². The minimum absolute atomic E-state index is 0.191. The van der Waals surface area contributed by atoms with E-state index in [0.29, 0.717) is 48.6 Å². The van der Waals surface area contributed by atoms with Crippen LogP contribution in [0.25, 0.3) is 0 Å². The predicted molar refractivity (Wildman–Crippen MR) is 92.7 cm³/mol. The second-order valence-corrected chi connectivity index (χ2v) is 7.75. The summed E-state index contributed by atoms with van der Waals surface area (Å²) in [6.45, 7) is 1.72. The molecule has 1 N–H and O–H groups in total. The van der Waals surface area contributed by atoms with Crippen molar-refractivity contribution in [3.63, 3.8) is 0 Å². The number of nitrogens with one attached hydrogen (secondary N) is 1. The van der Waals surface area contributed by atoms with Crippen molar-refractivity contribution in [2.75, 3.05) is 19.8 Å². The van der Waals surface area contributed by atoms with Crippen molar-refractivity contribution >= 4 is 17.5 Å². The molecular formula is C19H24ClNO3. The second kappa shape index (κ2) is 6.83. The molecule has 3 aliphatic rings. The average Bonchev–Trinajstić information content (AvgIpc) is 3.18. The van der Waals surface area contributed by atoms with E-state index in [1.165, 1.54) is 25.7 Å². The van der Waals surface area contributed by atoms with Crippen LogP contribution in [0.15, 0.2) is 12.1 Å². The van der Waals surface area contributed by atoms with Crippen LogP contribution in [0.1, 0.15) is 37.7 Å². The summed E-state index contributed by atoms with van der Waals surface area (Å²) in [5, 5.41) is 3.64. The minimum Gasteiger partial charge on any atom is -0.486 e. The Labute approximate surface area is 147 Å². The van der Waals surface area contributed by atoms with Crippen LogP contribution in [-0.4, -0.2) is 25.7 Å². The van der Waals surface area contributed by atoms with E-state index in [2.05, 4.69) is 5.32 Å². The van der Waals surface area contributed by atoms with Crippen LogP contribution >= 0.6 is 11.6 Å². The first kappa shape index (κ1) is 16.1. The van der Waals surface area contributed by atoms with Crippen LogP contribution < -0.4 is 14.8 Å². The molecule has 5 heteroatoms. The Morgan fingerprint density at radius 2 is 2.08 bits per heavy atom. The van der Waals surface area contributed by atoms with Gasteiger partial charge >= 0.3 is 0 Å². The van der Waals surface area contributed by atoms with Gasteiger partial charge in [-0.3, -0.25) is 4.79 Å². The molecule has 3 atom stereocenters. The molecule has 2 bridgehead atoms. The largest absolute Gasteiger partial charge is 0.486 e. The van der Waals surface area contributed by atoms with E-state index in [4.69, 9.17) is 21.1 Å². The SMILES string of the molecule is O=C(CC1CC2CCC1C2)NCCc1cc(Cl)c2c(c1)OCCO2. The fourth-order valence-electron chi connectivity index (χ4n) is 4.59. The first-order chi connectivity index (χ1) is 11.7. The van der Waals surface area contributed by atoms with Crippen LogP contribution in [-0.2, 0) is 11.2 Å². The zero-order chi connectivity index (χ0) is 16.5. The average molecular weight is 350 g/mol. The van der Waals surface area contributed by atoms with E-state index in [9.17, 15) is 4.79 Å². The highest BCUT2D eigenvalue weighted by Crippen LogP contribution is 2.49. The summed E-state index contributed by atoms with van der Waals surface area (Å²) in [4.78, 5) is 12.2. The van der Waals surface area contributed by atoms with E-state index < -0.39 is 0 Å². The van der Waals surface area contributed by atoms with Gasteiger partial charge in [-0.15, -0.1) is 0 Å². The highest BCUT2D eigenvalue weighted by molar-refractivity contribution is 6.32. The number of carbonyl (C=O) groups is 1. The van der Waals surface area contributed by atoms with Gasteiger partial charge in [0.25, 0.3) is 0 Å². The molecule has 1 aliphatic heterocycles. The van der Waals surface area contributed by atoms with Gasteiger partial charge in [0, 0.05) is 13.0 Å². The fraction of sp³-hybridized carbons (Fsp3) is 0.632. The zero-order valence-electron chi connectivity index (χ0n) is 13.9. The monoisotopic (exact) mass is 349 g/mol. The Hall–Kier alpha value is -1.42. The summed E-state index contributed by atoms with van der Waals surface area (Å²) in [6, 6.07) is 3.86. The van der Waals surface area contributed by atoms with Crippen LogP contribution in [0.2, 0.25) is 5.02 Å². The molecule has 1 aromatic rings. The Balaban J connectivity index is 1.26. The molecule has 3 unspecified atom stereocenters. The molecular weight excluding hydrogens is 326 g/mol. The molecule has 24 heavy (non-hydrogen) atoms. The van der Waals surface area contributed by atoms with Crippen molar-refractivity contribution in [2.24, 2.45) is 17.8 Å². The Morgan fingerprint density at radius 3 is 2.88 bits per heavy atom. The van der Waals surface area contributed by atoms with Gasteiger partial charge in [0.15, 0.2) is 11.5 Å². The standard InChI is InChI=1S/C19H24ClNO3/c20-16-9-13(10-17-19(16)24-6-5-23-17)3-4-21-18(22)11-15-8-12-1-2-14(15)7-12/h9-10,12,14-15H,1-8,11H2,(H,21,22). The predicted octanol–water partition coefficient (Wildman–Crippen LogP) is 3.60. The number of carbonyl (C=O) groups excluding carboxylic acids is 1. The number of hydrogen-bond acceptors (Lipinski definition) is 3. The van der Waals surface area contributed by atoms with Crippen molar-refractivity contribution in [3.8, 4) is 11.5 Å². The van der Waals surface area contributed by atoms with Gasteiger partial charge in [0.05, 0.1) is 5.02 Å². The number of fused-ring (bicyclic) bond motifs is 3. The topological polar surface area (TPSA) is 47.6 Å². The Morgan fingerprint density at radius 1 is 1.21 bits per heavy atom. The van der Waals surface area contributed by atoms with E-state index in [0.717, 1.165) is 23.8 Å². The second-order valence-electron chi connectivity index (χ2n) is 7.34. The molecule has 4 nitrogen and oxygen atoms in total. The summed E-state index contributed by atoms with van der Waals surface area (Å²) in [7, 11) is 0. The molecule has 1 heterocycles. The third kappa shape index (κ3) is 3.34. The van der Waals surface area contributed by atoms with Crippen LogP contribution in [0.3, 0.4) is 0 Å². The highest BCUT2D eigenvalue weighted by atomic mass is 35.5. The maximum Gasteiger partial charge on any atom is 0.220 e. The molecule has 1 amide bonds. The van der Waals surface area contributed by atoms with Crippen molar-refractivity contribution < 1.29 is 14.3 Å². The number of rotatable bonds is 5. The van der Waals surface area contributed by atoms with E-state index >= 15 is 0 Å². The van der Waals surface area contributed by atoms with Gasteiger partial charge in [-0.25, -0.2) is 0 Å². The summed E-state index contributed by atoms with van der Waals surface area (Å²) >= 11 is 6.25. The first-order valence-electron chi connectivity index (χ1n) is 9.04. The first-order valence-corrected chi connectivity index (χ1v) is 9.41. The van der Waals surface area contributed by atoms with Crippen molar-refractivity contribution in [2.45, 2.75) is 38.5 Å². The minimum atomic E-state index is 0.191. The normalized spacial score (nSPS) is 27.3. The zero-order valence-corrected chi connectivity index (χ0v) is 14.6. The lowest BCUT2D eigenvalue weighted by molar-refractivity contribution is -0.122. The highest BCUT2D eigenvalue weighted by Gasteiger charge is 2.39. The van der Waals surface area contributed by atoms with E-state index in [1.54, 1.807) is 0 Å². The smallest absolute Gasteiger partial charge is 0.220 e. The summed E-state index contributed by atoms with van der Waals surface area (Å²) < 4.78 is 11.1. The van der Waals surface area contributed by atoms with E-state index in [-0.39, 0.29) is 5.91 Å². The van der Waals surface area contributed by atoms with Gasteiger partial charge in [-0.05, 0) is 61.1 Å². The molecule has 0 saturated heterocycles. The van der Waals surface area contributed by atoms with Crippen LogP contribution in [0.4, 0.5) is 0 Å². The molecule has 2 aliphatic carbocycles. The lowest BCUT2D eigenvalue weighted by atomic mass is 9.86. The Bertz CT molecular complexity index is 633. The molecule has 1 aromatic carbocycles. The maximum absolute atomic E-state index is 12.2. The number of halogens is 1. The lowest BCUT2D eigenvalue weighted by Gasteiger charge is -2.21. The van der Waals surface area contributed by atoms with E-state index in [1.807, 2.05) is 12.1 Å². The summed E-state index contributed by atoms with van der Waals surface area (Å²) in [6.07, 6.45) is 6.78. The molecule has 0 spiro atoms. The number of benzene rings is 1. The third-order valence-corrected chi connectivity index (χ3v) is 6.01. The molecule has 0 aromatic heterocycles. The third-order valence-electron chi connectivity index (χ3n) is 5.72. The molecule has 130 valence electrons. The summed E-state index contributed by atoms with van der Waals surface area (Å²) in [5.74, 6) is 3.85. The Kier molecular flexibility index (Phi) is 4.57. The van der Waals surface area contributed by atoms with Gasteiger partial charge in [-0.2, -0.15) is 0 Å². The van der Waals surface area contributed by atoms with Crippen LogP contribution in [0, 0.1) is 17.8 Å². The number of ether oxygens (including phenoxy) is 2. The maximum atomic E-state index is 12.2. The van der Waals surface area contributed by atoms with Crippen LogP contribution in [0.5, 0.6) is 11.5 Å². The fourth-order valence-corrected chi connectivity index (χ4v) is 4.88.